The molecule has 0 saturated carbocycles. The maximum absolute atomic E-state index is 12.5. The molecule has 19 heavy (non-hydrogen) atoms. The average Bonchev–Trinajstić information content (AvgIpc) is 3.04. The lowest BCUT2D eigenvalue weighted by Gasteiger charge is -2.22. The second-order valence-electron chi connectivity index (χ2n) is 4.80. The highest BCUT2D eigenvalue weighted by atomic mass is 79.9. The smallest absolute Gasteiger partial charge is 0.289 e. The standard InChI is InChI=1S/C14H15BrN2O2/c15-11-5-1-3-9-7-12(19-13(9)11)14(18)17-6-2-4-10(17)8-16/h1,3,5,7,10H,2,4,6,8,16H2/t10-/m0/s1. The van der Waals surface area contributed by atoms with Crippen molar-refractivity contribution in [2.24, 2.45) is 5.73 Å². The van der Waals surface area contributed by atoms with Gasteiger partial charge in [0.1, 0.15) is 5.58 Å². The minimum Gasteiger partial charge on any atom is -0.450 e. The summed E-state index contributed by atoms with van der Waals surface area (Å²) in [5.74, 6) is 0.332. The van der Waals surface area contributed by atoms with E-state index in [0.29, 0.717) is 17.9 Å². The van der Waals surface area contributed by atoms with Gasteiger partial charge in [-0.15, -0.1) is 0 Å². The molecule has 1 fully saturated rings. The van der Waals surface area contributed by atoms with Crippen molar-refractivity contribution in [1.29, 1.82) is 0 Å². The first kappa shape index (κ1) is 12.7. The van der Waals surface area contributed by atoms with Crippen molar-refractivity contribution in [3.05, 3.63) is 34.5 Å². The van der Waals surface area contributed by atoms with Gasteiger partial charge in [-0.2, -0.15) is 0 Å². The molecule has 0 unspecified atom stereocenters. The first-order valence-corrected chi connectivity index (χ1v) is 7.19. The Kier molecular flexibility index (Phi) is 3.33. The summed E-state index contributed by atoms with van der Waals surface area (Å²) in [6, 6.07) is 7.70. The first-order valence-electron chi connectivity index (χ1n) is 6.40. The fourth-order valence-electron chi connectivity index (χ4n) is 2.62. The molecule has 1 aromatic carbocycles. The van der Waals surface area contributed by atoms with Gasteiger partial charge in [0.05, 0.1) is 4.47 Å². The summed E-state index contributed by atoms with van der Waals surface area (Å²) in [6.07, 6.45) is 1.99. The van der Waals surface area contributed by atoms with Gasteiger partial charge in [-0.1, -0.05) is 12.1 Å². The SMILES string of the molecule is NC[C@@H]1CCCN1C(=O)c1cc2cccc(Br)c2o1. The van der Waals surface area contributed by atoms with Gasteiger partial charge < -0.3 is 15.1 Å². The predicted octanol–water partition coefficient (Wildman–Crippen LogP) is 2.76. The monoisotopic (exact) mass is 322 g/mol. The van der Waals surface area contributed by atoms with Crippen molar-refractivity contribution in [2.45, 2.75) is 18.9 Å². The zero-order valence-electron chi connectivity index (χ0n) is 10.4. The van der Waals surface area contributed by atoms with Gasteiger partial charge in [0.25, 0.3) is 5.91 Å². The largest absolute Gasteiger partial charge is 0.450 e. The topological polar surface area (TPSA) is 59.5 Å². The van der Waals surface area contributed by atoms with Gasteiger partial charge in [0.15, 0.2) is 5.76 Å². The summed E-state index contributed by atoms with van der Waals surface area (Å²) in [5.41, 5.74) is 6.42. The van der Waals surface area contributed by atoms with Crippen LogP contribution >= 0.6 is 15.9 Å². The highest BCUT2D eigenvalue weighted by molar-refractivity contribution is 9.10. The third-order valence-corrected chi connectivity index (χ3v) is 4.24. The van der Waals surface area contributed by atoms with Gasteiger partial charge in [0, 0.05) is 24.5 Å². The number of nitrogens with zero attached hydrogens (tertiary/aromatic N) is 1. The Balaban J connectivity index is 1.95. The van der Waals surface area contributed by atoms with Crippen LogP contribution < -0.4 is 5.73 Å². The molecule has 1 aliphatic heterocycles. The minimum absolute atomic E-state index is 0.0592. The van der Waals surface area contributed by atoms with Gasteiger partial charge in [-0.25, -0.2) is 0 Å². The van der Waals surface area contributed by atoms with Crippen molar-refractivity contribution in [2.75, 3.05) is 13.1 Å². The Labute approximate surface area is 119 Å². The number of carbonyl (C=O) groups is 1. The van der Waals surface area contributed by atoms with Crippen molar-refractivity contribution in [3.8, 4) is 0 Å². The molecule has 2 aromatic rings. The Morgan fingerprint density at radius 1 is 1.53 bits per heavy atom. The van der Waals surface area contributed by atoms with Gasteiger partial charge in [-0.3, -0.25) is 4.79 Å². The molecule has 1 saturated heterocycles. The van der Waals surface area contributed by atoms with E-state index < -0.39 is 0 Å². The molecule has 0 radical (unpaired) electrons. The fraction of sp³-hybridized carbons (Fsp3) is 0.357. The van der Waals surface area contributed by atoms with E-state index >= 15 is 0 Å². The lowest BCUT2D eigenvalue weighted by molar-refractivity contribution is 0.0711. The lowest BCUT2D eigenvalue weighted by atomic mass is 10.2. The number of likely N-dealkylation sites (tertiary alicyclic amines) is 1. The summed E-state index contributed by atoms with van der Waals surface area (Å²) >= 11 is 3.43. The quantitative estimate of drug-likeness (QED) is 0.924. The van der Waals surface area contributed by atoms with Crippen LogP contribution in [0.3, 0.4) is 0 Å². The van der Waals surface area contributed by atoms with Gasteiger partial charge in [0.2, 0.25) is 0 Å². The molecule has 1 amide bonds. The van der Waals surface area contributed by atoms with Crippen LogP contribution in [-0.2, 0) is 0 Å². The number of nitrogens with two attached hydrogens (primary N) is 1. The number of fused-ring (bicyclic) bond motifs is 1. The molecule has 2 heterocycles. The number of halogens is 1. The summed E-state index contributed by atoms with van der Waals surface area (Å²) in [4.78, 5) is 14.3. The number of carbonyl (C=O) groups excluding carboxylic acids is 1. The van der Waals surface area contributed by atoms with Crippen LogP contribution in [0.1, 0.15) is 23.4 Å². The fourth-order valence-corrected chi connectivity index (χ4v) is 3.09. The third kappa shape index (κ3) is 2.17. The Morgan fingerprint density at radius 2 is 2.37 bits per heavy atom. The number of para-hydroxylation sites is 1. The van der Waals surface area contributed by atoms with E-state index in [1.54, 1.807) is 6.07 Å². The molecule has 1 aromatic heterocycles. The Bertz CT molecular complexity index is 623. The van der Waals surface area contributed by atoms with Crippen LogP contribution in [0.15, 0.2) is 33.2 Å². The Hall–Kier alpha value is -1.33. The number of furan rings is 1. The van der Waals surface area contributed by atoms with E-state index in [0.717, 1.165) is 29.2 Å². The first-order chi connectivity index (χ1) is 9.20. The molecule has 1 aliphatic rings. The zero-order chi connectivity index (χ0) is 13.4. The van der Waals surface area contributed by atoms with Crippen molar-refractivity contribution in [1.82, 2.24) is 4.90 Å². The maximum Gasteiger partial charge on any atom is 0.289 e. The summed E-state index contributed by atoms with van der Waals surface area (Å²) in [6.45, 7) is 1.27. The molecule has 0 aliphatic carbocycles. The molecule has 0 bridgehead atoms. The van der Waals surface area contributed by atoms with Crippen molar-refractivity contribution < 1.29 is 9.21 Å². The molecule has 5 heteroatoms. The van der Waals surface area contributed by atoms with Crippen molar-refractivity contribution in [3.63, 3.8) is 0 Å². The van der Waals surface area contributed by atoms with Crippen molar-refractivity contribution >= 4 is 32.8 Å². The van der Waals surface area contributed by atoms with E-state index in [1.165, 1.54) is 0 Å². The molecular weight excluding hydrogens is 308 g/mol. The second kappa shape index (κ2) is 4.98. The number of rotatable bonds is 2. The normalized spacial score (nSPS) is 19.3. The molecule has 3 rings (SSSR count). The summed E-state index contributed by atoms with van der Waals surface area (Å²) in [7, 11) is 0. The molecule has 2 N–H and O–H groups in total. The molecule has 100 valence electrons. The molecule has 0 spiro atoms. The molecular formula is C14H15BrN2O2. The second-order valence-corrected chi connectivity index (χ2v) is 5.65. The van der Waals surface area contributed by atoms with E-state index in [1.807, 2.05) is 23.1 Å². The number of amides is 1. The van der Waals surface area contributed by atoms with Crippen LogP contribution in [0.2, 0.25) is 0 Å². The summed E-state index contributed by atoms with van der Waals surface area (Å²) < 4.78 is 6.55. The minimum atomic E-state index is -0.0592. The highest BCUT2D eigenvalue weighted by Crippen LogP contribution is 2.28. The van der Waals surface area contributed by atoms with Crippen LogP contribution in [0, 0.1) is 0 Å². The number of benzene rings is 1. The van der Waals surface area contributed by atoms with Crippen LogP contribution in [0.5, 0.6) is 0 Å². The average molecular weight is 323 g/mol. The van der Waals surface area contributed by atoms with Gasteiger partial charge in [-0.05, 0) is 40.9 Å². The van der Waals surface area contributed by atoms with E-state index in [2.05, 4.69) is 15.9 Å². The highest BCUT2D eigenvalue weighted by Gasteiger charge is 2.30. The van der Waals surface area contributed by atoms with Crippen LogP contribution in [-0.4, -0.2) is 29.9 Å². The predicted molar refractivity (Wildman–Crippen MR) is 77.0 cm³/mol. The number of hydrogen-bond acceptors (Lipinski definition) is 3. The zero-order valence-corrected chi connectivity index (χ0v) is 12.0. The lowest BCUT2D eigenvalue weighted by Crippen LogP contribution is -2.39. The molecule has 1 atom stereocenters. The van der Waals surface area contributed by atoms with E-state index in [4.69, 9.17) is 10.2 Å². The van der Waals surface area contributed by atoms with E-state index in [9.17, 15) is 4.79 Å². The molecule has 4 nitrogen and oxygen atoms in total. The third-order valence-electron chi connectivity index (χ3n) is 3.62. The maximum atomic E-state index is 12.5. The number of hydrogen-bond donors (Lipinski definition) is 1. The van der Waals surface area contributed by atoms with Gasteiger partial charge >= 0.3 is 0 Å². The Morgan fingerprint density at radius 3 is 3.11 bits per heavy atom. The van der Waals surface area contributed by atoms with Crippen LogP contribution in [0.25, 0.3) is 11.0 Å². The van der Waals surface area contributed by atoms with E-state index in [-0.39, 0.29) is 11.9 Å². The van der Waals surface area contributed by atoms with Crippen LogP contribution in [0.4, 0.5) is 0 Å². The summed E-state index contributed by atoms with van der Waals surface area (Å²) in [5, 5.41) is 0.932.